The molecule has 0 fully saturated rings. The van der Waals surface area contributed by atoms with Crippen molar-refractivity contribution in [2.45, 2.75) is 0 Å². The zero-order chi connectivity index (χ0) is 9.38. The summed E-state index contributed by atoms with van der Waals surface area (Å²) in [5, 5.41) is 4.66. The molecule has 0 bridgehead atoms. The van der Waals surface area contributed by atoms with Crippen LogP contribution in [0.3, 0.4) is 0 Å². The van der Waals surface area contributed by atoms with Gasteiger partial charge in [0.2, 0.25) is 0 Å². The molecule has 0 spiro atoms. The van der Waals surface area contributed by atoms with Gasteiger partial charge in [-0.3, -0.25) is 0 Å². The molecule has 3 rings (SSSR count). The van der Waals surface area contributed by atoms with Gasteiger partial charge in [-0.15, -0.1) is 0 Å². The lowest BCUT2D eigenvalue weighted by atomic mass is 10.0. The summed E-state index contributed by atoms with van der Waals surface area (Å²) in [7, 11) is 0. The van der Waals surface area contributed by atoms with E-state index in [4.69, 9.17) is 0 Å². The Kier molecular flexibility index (Phi) is 1.54. The fourth-order valence-electron chi connectivity index (χ4n) is 1.68. The SMILES string of the molecule is [c]1[c]c2cc3[c]cccc3cc2cc1. The molecule has 0 atom stereocenters. The first-order chi connectivity index (χ1) is 6.93. The van der Waals surface area contributed by atoms with Crippen LogP contribution in [-0.2, 0) is 0 Å². The van der Waals surface area contributed by atoms with Gasteiger partial charge in [0.05, 0.1) is 0 Å². The molecule has 0 heteroatoms. The smallest absolute Gasteiger partial charge is 0.00139 e. The highest BCUT2D eigenvalue weighted by Crippen LogP contribution is 2.21. The predicted octanol–water partition coefficient (Wildman–Crippen LogP) is 3.39. The lowest BCUT2D eigenvalue weighted by Gasteiger charge is -2.00. The molecule has 0 aliphatic heterocycles. The highest BCUT2D eigenvalue weighted by molar-refractivity contribution is 5.97. The molecule has 0 aliphatic carbocycles. The third-order valence-corrected chi connectivity index (χ3v) is 2.39. The van der Waals surface area contributed by atoms with Crippen molar-refractivity contribution < 1.29 is 0 Å². The van der Waals surface area contributed by atoms with Gasteiger partial charge in [0.25, 0.3) is 0 Å². The van der Waals surface area contributed by atoms with Crippen molar-refractivity contribution in [3.8, 4) is 0 Å². The van der Waals surface area contributed by atoms with Crippen LogP contribution in [0.5, 0.6) is 0 Å². The molecule has 0 saturated carbocycles. The average Bonchev–Trinajstić information content (AvgIpc) is 2.26. The van der Waals surface area contributed by atoms with Gasteiger partial charge in [0.15, 0.2) is 0 Å². The Bertz CT molecular complexity index is 489. The average molecular weight is 175 g/mol. The summed E-state index contributed by atoms with van der Waals surface area (Å²) in [4.78, 5) is 0. The molecule has 0 aliphatic rings. The van der Waals surface area contributed by atoms with Gasteiger partial charge < -0.3 is 0 Å². The van der Waals surface area contributed by atoms with Gasteiger partial charge in [-0.2, -0.15) is 0 Å². The van der Waals surface area contributed by atoms with E-state index < -0.39 is 0 Å². The summed E-state index contributed by atoms with van der Waals surface area (Å²) >= 11 is 0. The van der Waals surface area contributed by atoms with Crippen LogP contribution in [0.4, 0.5) is 0 Å². The number of hydrogen-bond acceptors (Lipinski definition) is 0. The molecule has 0 saturated heterocycles. The van der Waals surface area contributed by atoms with E-state index in [1.807, 2.05) is 18.2 Å². The monoisotopic (exact) mass is 175 g/mol. The second-order valence-corrected chi connectivity index (χ2v) is 3.30. The van der Waals surface area contributed by atoms with Crippen molar-refractivity contribution in [2.24, 2.45) is 0 Å². The molecular formula is C14H7. The molecule has 0 nitrogen and oxygen atoms in total. The van der Waals surface area contributed by atoms with Crippen LogP contribution in [0.2, 0.25) is 0 Å². The molecule has 3 aromatic carbocycles. The Morgan fingerprint density at radius 2 is 1.79 bits per heavy atom. The predicted molar refractivity (Wildman–Crippen MR) is 58.0 cm³/mol. The molecule has 0 aromatic heterocycles. The Morgan fingerprint density at radius 1 is 0.857 bits per heavy atom. The molecule has 0 unspecified atom stereocenters. The minimum absolute atomic E-state index is 1.10. The van der Waals surface area contributed by atoms with Crippen LogP contribution >= 0.6 is 0 Å². The summed E-state index contributed by atoms with van der Waals surface area (Å²) < 4.78 is 0. The Morgan fingerprint density at radius 3 is 2.79 bits per heavy atom. The van der Waals surface area contributed by atoms with E-state index in [0.717, 1.165) is 10.8 Å². The summed E-state index contributed by atoms with van der Waals surface area (Å²) in [5.41, 5.74) is 0. The Balaban J connectivity index is 2.52. The lowest BCUT2D eigenvalue weighted by molar-refractivity contribution is 1.74. The maximum Gasteiger partial charge on any atom is -0.00139 e. The summed E-state index contributed by atoms with van der Waals surface area (Å²) in [6.45, 7) is 0. The van der Waals surface area contributed by atoms with E-state index in [-0.39, 0.29) is 0 Å². The van der Waals surface area contributed by atoms with Gasteiger partial charge in [-0.05, 0) is 51.9 Å². The number of rotatable bonds is 0. The summed E-state index contributed by atoms with van der Waals surface area (Å²) in [6, 6.07) is 23.5. The first kappa shape index (κ1) is 7.57. The van der Waals surface area contributed by atoms with E-state index in [1.54, 1.807) is 0 Å². The quantitative estimate of drug-likeness (QED) is 0.459. The molecule has 3 radical (unpaired) electrons. The largest absolute Gasteiger partial charge is 0.0610 e. The van der Waals surface area contributed by atoms with Crippen molar-refractivity contribution in [3.63, 3.8) is 0 Å². The zero-order valence-corrected chi connectivity index (χ0v) is 7.54. The van der Waals surface area contributed by atoms with Crippen molar-refractivity contribution in [1.82, 2.24) is 0 Å². The summed E-state index contributed by atoms with van der Waals surface area (Å²) in [5.74, 6) is 0. The highest BCUT2D eigenvalue weighted by Gasteiger charge is 1.96. The third kappa shape index (κ3) is 1.08. The second-order valence-electron chi connectivity index (χ2n) is 3.30. The van der Waals surface area contributed by atoms with Crippen molar-refractivity contribution in [1.29, 1.82) is 0 Å². The van der Waals surface area contributed by atoms with Crippen LogP contribution < -0.4 is 0 Å². The van der Waals surface area contributed by atoms with E-state index in [0.29, 0.717) is 0 Å². The maximum absolute atomic E-state index is 3.21. The van der Waals surface area contributed by atoms with Crippen LogP contribution in [0.1, 0.15) is 0 Å². The fourth-order valence-corrected chi connectivity index (χ4v) is 1.68. The van der Waals surface area contributed by atoms with Crippen LogP contribution in [0, 0.1) is 18.2 Å². The molecular weight excluding hydrogens is 168 g/mol. The standard InChI is InChI=1S/C14H7/c1-2-6-12-10-14-8-4-3-7-13(14)9-11(12)5-1/h1-3,5,7,9-10H. The van der Waals surface area contributed by atoms with Gasteiger partial charge >= 0.3 is 0 Å². The zero-order valence-electron chi connectivity index (χ0n) is 7.54. The number of hydrogen-bond donors (Lipinski definition) is 0. The van der Waals surface area contributed by atoms with Crippen molar-refractivity contribution in [3.05, 3.63) is 60.7 Å². The molecule has 0 amide bonds. The first-order valence-electron chi connectivity index (χ1n) is 4.56. The highest BCUT2D eigenvalue weighted by atomic mass is 14.0. The van der Waals surface area contributed by atoms with E-state index in [1.165, 1.54) is 10.8 Å². The minimum atomic E-state index is 1.10. The Labute approximate surface area is 82.8 Å². The first-order valence-corrected chi connectivity index (χ1v) is 4.56. The number of benzene rings is 3. The number of fused-ring (bicyclic) bond motifs is 2. The van der Waals surface area contributed by atoms with Crippen molar-refractivity contribution in [2.75, 3.05) is 0 Å². The third-order valence-electron chi connectivity index (χ3n) is 2.39. The minimum Gasteiger partial charge on any atom is -0.0610 e. The van der Waals surface area contributed by atoms with Crippen LogP contribution in [0.15, 0.2) is 42.5 Å². The topological polar surface area (TPSA) is 0 Å². The van der Waals surface area contributed by atoms with E-state index in [2.05, 4.69) is 42.5 Å². The van der Waals surface area contributed by atoms with Gasteiger partial charge in [-0.1, -0.05) is 30.3 Å². The van der Waals surface area contributed by atoms with Gasteiger partial charge in [-0.25, -0.2) is 0 Å². The van der Waals surface area contributed by atoms with E-state index in [9.17, 15) is 0 Å². The van der Waals surface area contributed by atoms with Crippen molar-refractivity contribution >= 4 is 21.5 Å². The van der Waals surface area contributed by atoms with Gasteiger partial charge in [0, 0.05) is 0 Å². The normalized spacial score (nSPS) is 10.9. The molecule has 0 N–H and O–H groups in total. The maximum atomic E-state index is 3.21. The van der Waals surface area contributed by atoms with E-state index >= 15 is 0 Å². The van der Waals surface area contributed by atoms with Gasteiger partial charge in [0.1, 0.15) is 0 Å². The molecule has 14 heavy (non-hydrogen) atoms. The second kappa shape index (κ2) is 2.85. The molecule has 0 heterocycles. The van der Waals surface area contributed by atoms with Crippen LogP contribution in [0.25, 0.3) is 21.5 Å². The summed E-state index contributed by atoms with van der Waals surface area (Å²) in [6.07, 6.45) is 0. The fraction of sp³-hybridized carbons (Fsp3) is 0. The molecule has 3 aromatic rings. The van der Waals surface area contributed by atoms with Crippen LogP contribution in [-0.4, -0.2) is 0 Å². The molecule has 63 valence electrons. The Hall–Kier alpha value is -1.82. The lowest BCUT2D eigenvalue weighted by Crippen LogP contribution is -1.75.